The number of alkyl halides is 3. The summed E-state index contributed by atoms with van der Waals surface area (Å²) in [5.74, 6) is 1.18. The van der Waals surface area contributed by atoms with Gasteiger partial charge in [-0.1, -0.05) is 36.0 Å². The molecule has 1 fully saturated rings. The van der Waals surface area contributed by atoms with Crippen LogP contribution in [0.25, 0.3) is 11.3 Å². The maximum Gasteiger partial charge on any atom is 0.416 e. The van der Waals surface area contributed by atoms with E-state index < -0.39 is 11.7 Å². The van der Waals surface area contributed by atoms with E-state index in [1.165, 1.54) is 30.1 Å². The third-order valence-corrected chi connectivity index (χ3v) is 5.86. The molecule has 3 aromatic rings. The number of benzene rings is 2. The molecule has 10 heteroatoms. The smallest absolute Gasteiger partial charge is 0.416 e. The van der Waals surface area contributed by atoms with E-state index in [9.17, 15) is 18.0 Å². The third-order valence-electron chi connectivity index (χ3n) is 4.79. The largest absolute Gasteiger partial charge is 0.497 e. The van der Waals surface area contributed by atoms with Crippen LogP contribution < -0.4 is 10.1 Å². The molecule has 0 saturated carbocycles. The van der Waals surface area contributed by atoms with E-state index in [-0.39, 0.29) is 16.9 Å². The third kappa shape index (κ3) is 5.64. The number of rotatable bonds is 6. The van der Waals surface area contributed by atoms with E-state index in [2.05, 4.69) is 15.5 Å². The van der Waals surface area contributed by atoms with Crippen molar-refractivity contribution in [2.75, 3.05) is 7.11 Å². The number of furan rings is 1. The van der Waals surface area contributed by atoms with Crippen LogP contribution in [-0.2, 0) is 17.4 Å². The Morgan fingerprint density at radius 3 is 2.67 bits per heavy atom. The highest BCUT2D eigenvalue weighted by atomic mass is 32.2. The van der Waals surface area contributed by atoms with Crippen LogP contribution in [0.4, 0.5) is 13.2 Å². The Labute approximate surface area is 191 Å². The van der Waals surface area contributed by atoms with Gasteiger partial charge in [0.2, 0.25) is 5.91 Å². The first-order valence-electron chi connectivity index (χ1n) is 9.81. The predicted octanol–water partition coefficient (Wildman–Crippen LogP) is 5.14. The number of ether oxygens (including phenoxy) is 1. The zero-order valence-corrected chi connectivity index (χ0v) is 18.1. The van der Waals surface area contributed by atoms with Gasteiger partial charge in [0.05, 0.1) is 24.1 Å². The number of amides is 1. The summed E-state index contributed by atoms with van der Waals surface area (Å²) in [5, 5.41) is 10.6. The lowest BCUT2D eigenvalue weighted by molar-refractivity contribution is -0.137. The Hall–Kier alpha value is -3.53. The first kappa shape index (κ1) is 22.7. The number of nitrogens with one attached hydrogen (secondary N) is 1. The van der Waals surface area contributed by atoms with Gasteiger partial charge in [-0.3, -0.25) is 4.79 Å². The molecule has 1 aliphatic rings. The Bertz CT molecular complexity index is 1200. The normalized spacial score (nSPS) is 17.6. The molecule has 2 aromatic carbocycles. The number of halogens is 3. The van der Waals surface area contributed by atoms with Gasteiger partial charge in [-0.25, -0.2) is 0 Å². The summed E-state index contributed by atoms with van der Waals surface area (Å²) in [7, 11) is 1.59. The van der Waals surface area contributed by atoms with Crippen LogP contribution in [0.5, 0.6) is 5.75 Å². The molecule has 1 atom stereocenters. The summed E-state index contributed by atoms with van der Waals surface area (Å²) >= 11 is 1.27. The van der Waals surface area contributed by atoms with Crippen molar-refractivity contribution in [1.29, 1.82) is 0 Å². The molecular weight excluding hydrogens is 455 g/mol. The summed E-state index contributed by atoms with van der Waals surface area (Å²) in [4.78, 5) is 12.2. The summed E-state index contributed by atoms with van der Waals surface area (Å²) in [5.41, 5.74) is 0.540. The van der Waals surface area contributed by atoms with Crippen molar-refractivity contribution in [2.24, 2.45) is 10.2 Å². The molecule has 0 bridgehead atoms. The first-order chi connectivity index (χ1) is 15.8. The van der Waals surface area contributed by atoms with Gasteiger partial charge in [0.15, 0.2) is 5.17 Å². The van der Waals surface area contributed by atoms with Crippen LogP contribution in [0.2, 0.25) is 0 Å². The lowest BCUT2D eigenvalue weighted by Crippen LogP contribution is -2.25. The van der Waals surface area contributed by atoms with Crippen molar-refractivity contribution in [2.45, 2.75) is 17.8 Å². The van der Waals surface area contributed by atoms with Crippen molar-refractivity contribution in [3.8, 4) is 17.1 Å². The molecule has 4 rings (SSSR count). The Kier molecular flexibility index (Phi) is 6.55. The van der Waals surface area contributed by atoms with Crippen LogP contribution in [0.15, 0.2) is 75.3 Å². The number of carbonyl (C=O) groups is 1. The molecule has 1 amide bonds. The average Bonchev–Trinajstić information content (AvgIpc) is 3.41. The monoisotopic (exact) mass is 473 g/mol. The minimum Gasteiger partial charge on any atom is -0.497 e. The molecule has 2 heterocycles. The fourth-order valence-corrected chi connectivity index (χ4v) is 4.09. The Morgan fingerprint density at radius 2 is 1.94 bits per heavy atom. The van der Waals surface area contributed by atoms with E-state index in [4.69, 9.17) is 9.15 Å². The first-order valence-corrected chi connectivity index (χ1v) is 10.7. The van der Waals surface area contributed by atoms with Gasteiger partial charge >= 0.3 is 6.18 Å². The zero-order valence-electron chi connectivity index (χ0n) is 17.3. The van der Waals surface area contributed by atoms with Crippen LogP contribution in [0.1, 0.15) is 16.9 Å². The summed E-state index contributed by atoms with van der Waals surface area (Å²) < 4.78 is 49.4. The van der Waals surface area contributed by atoms with Crippen molar-refractivity contribution in [1.82, 2.24) is 5.32 Å². The molecule has 1 N–H and O–H groups in total. The molecule has 0 unspecified atom stereocenters. The van der Waals surface area contributed by atoms with E-state index in [0.717, 1.165) is 23.4 Å². The topological polar surface area (TPSA) is 76.2 Å². The van der Waals surface area contributed by atoms with Gasteiger partial charge in [0, 0.05) is 5.56 Å². The molecule has 1 aromatic heterocycles. The number of methoxy groups -OCH3 is 1. The highest BCUT2D eigenvalue weighted by Gasteiger charge is 2.31. The number of amidine groups is 1. The molecule has 1 aliphatic heterocycles. The molecule has 0 radical (unpaired) electrons. The Balaban J connectivity index is 1.38. The minimum atomic E-state index is -4.43. The number of hydrogen-bond acceptors (Lipinski definition) is 6. The predicted molar refractivity (Wildman–Crippen MR) is 120 cm³/mol. The molecule has 33 heavy (non-hydrogen) atoms. The van der Waals surface area contributed by atoms with Gasteiger partial charge in [-0.15, -0.1) is 5.10 Å². The van der Waals surface area contributed by atoms with Crippen molar-refractivity contribution < 1.29 is 27.1 Å². The molecule has 170 valence electrons. The second kappa shape index (κ2) is 9.53. The molecule has 1 saturated heterocycles. The number of nitrogens with zero attached hydrogens (tertiary/aromatic N) is 2. The van der Waals surface area contributed by atoms with Crippen LogP contribution in [-0.4, -0.2) is 29.6 Å². The standard InChI is InChI=1S/C23H18F3N3O3S/c1-31-17-7-5-14(6-8-17)11-20-21(30)28-22(33-20)29-27-13-18-9-10-19(32-18)15-3-2-4-16(12-15)23(24,25)26/h2-10,12-13,20H,11H2,1H3,(H,28,29,30)/b27-13-/t20-/m1/s1. The average molecular weight is 473 g/mol. The quantitative estimate of drug-likeness (QED) is 0.397. The van der Waals surface area contributed by atoms with Crippen molar-refractivity contribution >= 4 is 29.1 Å². The van der Waals surface area contributed by atoms with E-state index in [1.807, 2.05) is 24.3 Å². The minimum absolute atomic E-state index is 0.158. The van der Waals surface area contributed by atoms with Gasteiger partial charge in [0.1, 0.15) is 17.3 Å². The van der Waals surface area contributed by atoms with Crippen molar-refractivity contribution in [3.05, 3.63) is 77.6 Å². The highest BCUT2D eigenvalue weighted by molar-refractivity contribution is 8.15. The Morgan fingerprint density at radius 1 is 1.15 bits per heavy atom. The number of hydrogen-bond donors (Lipinski definition) is 1. The van der Waals surface area contributed by atoms with Gasteiger partial charge in [-0.2, -0.15) is 18.3 Å². The van der Waals surface area contributed by atoms with Crippen LogP contribution in [0, 0.1) is 0 Å². The lowest BCUT2D eigenvalue weighted by atomic mass is 10.1. The van der Waals surface area contributed by atoms with Gasteiger partial charge < -0.3 is 14.5 Å². The summed E-state index contributed by atoms with van der Waals surface area (Å²) in [6.45, 7) is 0. The maximum atomic E-state index is 12.9. The van der Waals surface area contributed by atoms with Crippen LogP contribution in [0.3, 0.4) is 0 Å². The lowest BCUT2D eigenvalue weighted by Gasteiger charge is -2.07. The molecular formula is C23H18F3N3O3S. The van der Waals surface area contributed by atoms with Crippen molar-refractivity contribution in [3.63, 3.8) is 0 Å². The van der Waals surface area contributed by atoms with Gasteiger partial charge in [-0.05, 0) is 48.4 Å². The molecule has 6 nitrogen and oxygen atoms in total. The van der Waals surface area contributed by atoms with E-state index in [0.29, 0.717) is 22.9 Å². The second-order valence-electron chi connectivity index (χ2n) is 7.08. The number of thioether (sulfide) groups is 1. The maximum absolute atomic E-state index is 12.9. The summed E-state index contributed by atoms with van der Waals surface area (Å²) in [6, 6.07) is 15.5. The second-order valence-corrected chi connectivity index (χ2v) is 8.27. The van der Waals surface area contributed by atoms with E-state index in [1.54, 1.807) is 19.2 Å². The summed E-state index contributed by atoms with van der Waals surface area (Å²) in [6.07, 6.45) is -2.58. The molecule has 0 spiro atoms. The fraction of sp³-hybridized carbons (Fsp3) is 0.174. The van der Waals surface area contributed by atoms with E-state index >= 15 is 0 Å². The van der Waals surface area contributed by atoms with Gasteiger partial charge in [0.25, 0.3) is 0 Å². The van der Waals surface area contributed by atoms with Crippen LogP contribution >= 0.6 is 11.8 Å². The number of carbonyl (C=O) groups excluding carboxylic acids is 1. The fourth-order valence-electron chi connectivity index (χ4n) is 3.13. The highest BCUT2D eigenvalue weighted by Crippen LogP contribution is 2.32. The zero-order chi connectivity index (χ0) is 23.4. The SMILES string of the molecule is COc1ccc(C[C@H]2S/C(=N/N=C\c3ccc(-c4cccc(C(F)(F)F)c4)o3)NC2=O)cc1. The molecule has 0 aliphatic carbocycles.